The van der Waals surface area contributed by atoms with Crippen molar-refractivity contribution in [1.29, 1.82) is 0 Å². The number of hydrogen-bond donors (Lipinski definition) is 0. The molecule has 0 bridgehead atoms. The van der Waals surface area contributed by atoms with Crippen molar-refractivity contribution in [2.45, 2.75) is 11.6 Å². The van der Waals surface area contributed by atoms with E-state index in [9.17, 15) is 26.4 Å². The van der Waals surface area contributed by atoms with Crippen molar-refractivity contribution in [3.05, 3.63) is 114 Å². The van der Waals surface area contributed by atoms with Crippen LogP contribution in [0.2, 0.25) is 0 Å². The van der Waals surface area contributed by atoms with Crippen LogP contribution < -0.4 is 4.18 Å². The molecule has 0 radical (unpaired) electrons. The highest BCUT2D eigenvalue weighted by atomic mass is 32.2. The molecular formula is C25H17F3O5S. The van der Waals surface area contributed by atoms with Crippen LogP contribution in [-0.4, -0.2) is 19.9 Å². The van der Waals surface area contributed by atoms with Crippen LogP contribution in [0.5, 0.6) is 5.75 Å². The van der Waals surface area contributed by atoms with Gasteiger partial charge < -0.3 is 8.92 Å². The number of hydrogen-bond acceptors (Lipinski definition) is 5. The van der Waals surface area contributed by atoms with Crippen molar-refractivity contribution >= 4 is 26.9 Å². The largest absolute Gasteiger partial charge is 0.534 e. The maximum Gasteiger partial charge on any atom is 0.534 e. The van der Waals surface area contributed by atoms with Gasteiger partial charge in [0.05, 0.1) is 5.56 Å². The molecule has 9 heteroatoms. The van der Waals surface area contributed by atoms with Crippen LogP contribution >= 0.6 is 0 Å². The summed E-state index contributed by atoms with van der Waals surface area (Å²) >= 11 is 0. The van der Waals surface area contributed by atoms with Crippen molar-refractivity contribution in [2.75, 3.05) is 0 Å². The van der Waals surface area contributed by atoms with Crippen LogP contribution in [0.15, 0.2) is 97.1 Å². The lowest BCUT2D eigenvalue weighted by atomic mass is 10.0. The molecule has 4 rings (SSSR count). The lowest BCUT2D eigenvalue weighted by Crippen LogP contribution is -2.28. The number of fused-ring (bicyclic) bond motifs is 1. The lowest BCUT2D eigenvalue weighted by Gasteiger charge is -2.19. The van der Waals surface area contributed by atoms with Crippen molar-refractivity contribution in [3.8, 4) is 5.75 Å². The standard InChI is InChI=1S/C25H17F3O5S/c26-25(27,28)34(30,31)33-22-14-13-19-15-21(12-11-20(19)16-22)24(29)32-23(17-7-3-1-4-8-17)18-9-5-2-6-10-18/h1-16,23H. The maximum absolute atomic E-state index is 13.0. The smallest absolute Gasteiger partial charge is 0.449 e. The predicted octanol–water partition coefficient (Wildman–Crippen LogP) is 6.01. The summed E-state index contributed by atoms with van der Waals surface area (Å²) in [5.74, 6) is -1.09. The van der Waals surface area contributed by atoms with Crippen molar-refractivity contribution < 1.29 is 35.3 Å². The minimum atomic E-state index is -5.78. The zero-order valence-corrected chi connectivity index (χ0v) is 18.2. The molecule has 0 N–H and O–H groups in total. The molecule has 0 aliphatic carbocycles. The second-order valence-corrected chi connectivity index (χ2v) is 8.85. The Labute approximate surface area is 193 Å². The van der Waals surface area contributed by atoms with Crippen LogP contribution in [0.25, 0.3) is 10.8 Å². The summed E-state index contributed by atoms with van der Waals surface area (Å²) in [5.41, 5.74) is -3.74. The van der Waals surface area contributed by atoms with E-state index in [1.165, 1.54) is 24.3 Å². The van der Waals surface area contributed by atoms with Crippen LogP contribution in [0.4, 0.5) is 13.2 Å². The van der Waals surface area contributed by atoms with Gasteiger partial charge in [-0.15, -0.1) is 0 Å². The monoisotopic (exact) mass is 486 g/mol. The lowest BCUT2D eigenvalue weighted by molar-refractivity contribution is -0.0500. The SMILES string of the molecule is O=C(OC(c1ccccc1)c1ccccc1)c1ccc2cc(OS(=O)(=O)C(F)(F)F)ccc2c1. The number of benzene rings is 4. The van der Waals surface area contributed by atoms with Crippen molar-refractivity contribution in [3.63, 3.8) is 0 Å². The van der Waals surface area contributed by atoms with E-state index >= 15 is 0 Å². The average molecular weight is 486 g/mol. The van der Waals surface area contributed by atoms with Crippen LogP contribution in [0.3, 0.4) is 0 Å². The summed E-state index contributed by atoms with van der Waals surface area (Å²) in [6, 6.07) is 26.5. The molecule has 4 aromatic carbocycles. The Morgan fingerprint density at radius 3 is 1.82 bits per heavy atom. The van der Waals surface area contributed by atoms with Gasteiger partial charge in [0.1, 0.15) is 5.75 Å². The molecule has 0 unspecified atom stereocenters. The molecule has 0 aliphatic heterocycles. The molecular weight excluding hydrogens is 469 g/mol. The second-order valence-electron chi connectivity index (χ2n) is 7.31. The fourth-order valence-corrected chi connectivity index (χ4v) is 3.79. The highest BCUT2D eigenvalue weighted by Crippen LogP contribution is 2.30. The quantitative estimate of drug-likeness (QED) is 0.190. The Morgan fingerprint density at radius 1 is 0.735 bits per heavy atom. The third-order valence-corrected chi connectivity index (χ3v) is 5.95. The highest BCUT2D eigenvalue weighted by Gasteiger charge is 2.48. The predicted molar refractivity (Wildman–Crippen MR) is 120 cm³/mol. The Morgan fingerprint density at radius 2 is 1.26 bits per heavy atom. The second kappa shape index (κ2) is 9.18. The number of carbonyl (C=O) groups excluding carboxylic acids is 1. The average Bonchev–Trinajstić information content (AvgIpc) is 2.82. The molecule has 174 valence electrons. The zero-order valence-electron chi connectivity index (χ0n) is 17.4. The minimum absolute atomic E-state index is 0.223. The van der Waals surface area contributed by atoms with Gasteiger partial charge in [0, 0.05) is 0 Å². The van der Waals surface area contributed by atoms with E-state index in [0.717, 1.165) is 23.3 Å². The first-order valence-corrected chi connectivity index (χ1v) is 11.4. The van der Waals surface area contributed by atoms with E-state index in [0.29, 0.717) is 10.8 Å². The Kier molecular flexibility index (Phi) is 6.30. The summed E-state index contributed by atoms with van der Waals surface area (Å²) in [6.45, 7) is 0. The van der Waals surface area contributed by atoms with E-state index in [2.05, 4.69) is 4.18 Å². The van der Waals surface area contributed by atoms with Gasteiger partial charge in [0.25, 0.3) is 0 Å². The molecule has 0 saturated heterocycles. The topological polar surface area (TPSA) is 69.7 Å². The number of esters is 1. The van der Waals surface area contributed by atoms with Gasteiger partial charge in [-0.3, -0.25) is 0 Å². The van der Waals surface area contributed by atoms with E-state index < -0.39 is 33.4 Å². The van der Waals surface area contributed by atoms with Gasteiger partial charge in [-0.2, -0.15) is 21.6 Å². The van der Waals surface area contributed by atoms with Gasteiger partial charge in [-0.1, -0.05) is 72.8 Å². The van der Waals surface area contributed by atoms with E-state index in [1.807, 2.05) is 60.7 Å². The number of rotatable bonds is 6. The molecule has 0 fully saturated rings. The van der Waals surface area contributed by atoms with E-state index in [-0.39, 0.29) is 5.56 Å². The molecule has 4 aromatic rings. The Balaban J connectivity index is 1.60. The fraction of sp³-hybridized carbons (Fsp3) is 0.0800. The van der Waals surface area contributed by atoms with Gasteiger partial charge >= 0.3 is 21.6 Å². The molecule has 0 spiro atoms. The third-order valence-electron chi connectivity index (χ3n) is 4.97. The normalized spacial score (nSPS) is 12.0. The Hall–Kier alpha value is -3.85. The maximum atomic E-state index is 13.0. The van der Waals surface area contributed by atoms with Gasteiger partial charge in [-0.25, -0.2) is 4.79 Å². The van der Waals surface area contributed by atoms with Crippen LogP contribution in [-0.2, 0) is 14.9 Å². The van der Waals surface area contributed by atoms with Gasteiger partial charge in [0.2, 0.25) is 0 Å². The molecule has 0 aromatic heterocycles. The number of carbonyl (C=O) groups is 1. The summed E-state index contributed by atoms with van der Waals surface area (Å²) in [5, 5.41) is 0.872. The zero-order chi connectivity index (χ0) is 24.3. The summed E-state index contributed by atoms with van der Waals surface area (Å²) in [7, 11) is -5.78. The molecule has 5 nitrogen and oxygen atoms in total. The van der Waals surface area contributed by atoms with Gasteiger partial charge in [0.15, 0.2) is 6.10 Å². The van der Waals surface area contributed by atoms with E-state index in [4.69, 9.17) is 4.74 Å². The van der Waals surface area contributed by atoms with Crippen LogP contribution in [0.1, 0.15) is 27.6 Å². The van der Waals surface area contributed by atoms with Gasteiger partial charge in [-0.05, 0) is 46.2 Å². The first-order chi connectivity index (χ1) is 16.1. The summed E-state index contributed by atoms with van der Waals surface area (Å²) < 4.78 is 70.1. The number of ether oxygens (including phenoxy) is 1. The van der Waals surface area contributed by atoms with Crippen LogP contribution in [0, 0.1) is 0 Å². The number of halogens is 3. The molecule has 0 heterocycles. The molecule has 0 amide bonds. The number of alkyl halides is 3. The molecule has 0 saturated carbocycles. The third kappa shape index (κ3) is 5.04. The first-order valence-electron chi connectivity index (χ1n) is 9.99. The van der Waals surface area contributed by atoms with E-state index in [1.54, 1.807) is 0 Å². The van der Waals surface area contributed by atoms with Crippen molar-refractivity contribution in [2.24, 2.45) is 0 Å². The summed E-state index contributed by atoms with van der Waals surface area (Å²) in [4.78, 5) is 13.0. The molecule has 34 heavy (non-hydrogen) atoms. The first kappa shape index (κ1) is 23.3. The fourth-order valence-electron chi connectivity index (χ4n) is 3.34. The minimum Gasteiger partial charge on any atom is -0.449 e. The summed E-state index contributed by atoms with van der Waals surface area (Å²) in [6.07, 6.45) is -0.644. The Bertz CT molecular complexity index is 1380. The highest BCUT2D eigenvalue weighted by molar-refractivity contribution is 7.88. The molecule has 0 aliphatic rings. The molecule has 0 atom stereocenters. The van der Waals surface area contributed by atoms with Crippen molar-refractivity contribution in [1.82, 2.24) is 0 Å².